The number of ether oxygens (including phenoxy) is 1. The maximum absolute atomic E-state index is 13.1. The van der Waals surface area contributed by atoms with Crippen LogP contribution in [0.4, 0.5) is 13.2 Å². The summed E-state index contributed by atoms with van der Waals surface area (Å²) in [4.78, 5) is 12.7. The van der Waals surface area contributed by atoms with Gasteiger partial charge in [-0.15, -0.1) is 11.3 Å². The van der Waals surface area contributed by atoms with Crippen LogP contribution in [0.3, 0.4) is 0 Å². The zero-order chi connectivity index (χ0) is 17.9. The molecule has 3 rings (SSSR count). The molecule has 9 heteroatoms. The Morgan fingerprint density at radius 2 is 2.32 bits per heavy atom. The number of rotatable bonds is 5. The van der Waals surface area contributed by atoms with E-state index in [0.717, 1.165) is 4.88 Å². The van der Waals surface area contributed by atoms with Gasteiger partial charge in [-0.25, -0.2) is 0 Å². The minimum Gasteiger partial charge on any atom is -0.376 e. The van der Waals surface area contributed by atoms with Crippen molar-refractivity contribution < 1.29 is 22.7 Å². The molecular formula is C16H16F3N3O2S. The van der Waals surface area contributed by atoms with Gasteiger partial charge in [0.2, 0.25) is 5.91 Å². The van der Waals surface area contributed by atoms with Crippen LogP contribution in [0.15, 0.2) is 23.6 Å². The lowest BCUT2D eigenvalue weighted by Gasteiger charge is -2.15. The van der Waals surface area contributed by atoms with Crippen molar-refractivity contribution in [3.63, 3.8) is 0 Å². The van der Waals surface area contributed by atoms with E-state index in [1.807, 2.05) is 17.5 Å². The van der Waals surface area contributed by atoms with Crippen molar-refractivity contribution >= 4 is 23.3 Å². The number of hydrogen-bond acceptors (Lipinski definition) is 4. The van der Waals surface area contributed by atoms with Gasteiger partial charge in [0.25, 0.3) is 0 Å². The number of carbonyl (C=O) groups excluding carboxylic acids is 1. The molecule has 25 heavy (non-hydrogen) atoms. The zero-order valence-corrected chi connectivity index (χ0v) is 14.0. The van der Waals surface area contributed by atoms with E-state index in [1.165, 1.54) is 22.1 Å². The second-order valence-electron chi connectivity index (χ2n) is 5.44. The number of carbonyl (C=O) groups is 1. The molecule has 1 aliphatic rings. The number of hydrogen-bond donors (Lipinski definition) is 1. The molecule has 0 unspecified atom stereocenters. The fourth-order valence-corrected chi connectivity index (χ4v) is 3.23. The average molecular weight is 371 g/mol. The van der Waals surface area contributed by atoms with Gasteiger partial charge in [0.1, 0.15) is 0 Å². The van der Waals surface area contributed by atoms with Crippen molar-refractivity contribution in [1.82, 2.24) is 15.1 Å². The summed E-state index contributed by atoms with van der Waals surface area (Å²) in [5.41, 5.74) is -0.268. The van der Waals surface area contributed by atoms with E-state index in [0.29, 0.717) is 18.7 Å². The van der Waals surface area contributed by atoms with Crippen LogP contribution < -0.4 is 5.32 Å². The fourth-order valence-electron chi connectivity index (χ4n) is 2.61. The Bertz CT molecular complexity index is 766. The first-order valence-corrected chi connectivity index (χ1v) is 8.56. The Balaban J connectivity index is 1.61. The van der Waals surface area contributed by atoms with Crippen molar-refractivity contribution in [2.45, 2.75) is 25.7 Å². The van der Waals surface area contributed by atoms with E-state index < -0.39 is 11.9 Å². The second kappa shape index (κ2) is 7.40. The molecular weight excluding hydrogens is 355 g/mol. The number of nitrogens with one attached hydrogen (secondary N) is 1. The molecule has 1 amide bonds. The van der Waals surface area contributed by atoms with Gasteiger partial charge in [-0.1, -0.05) is 6.07 Å². The second-order valence-corrected chi connectivity index (χ2v) is 6.42. The lowest BCUT2D eigenvalue weighted by molar-refractivity contribution is -0.142. The Morgan fingerprint density at radius 3 is 3.04 bits per heavy atom. The maximum atomic E-state index is 13.1. The third kappa shape index (κ3) is 4.29. The molecule has 0 saturated heterocycles. The summed E-state index contributed by atoms with van der Waals surface area (Å²) < 4.78 is 45.6. The lowest BCUT2D eigenvalue weighted by Crippen LogP contribution is -2.27. The van der Waals surface area contributed by atoms with Gasteiger partial charge < -0.3 is 10.1 Å². The monoisotopic (exact) mass is 371 g/mol. The fraction of sp³-hybridized carbons (Fsp3) is 0.375. The Labute approximate surface area is 146 Å². The minimum atomic E-state index is -4.51. The van der Waals surface area contributed by atoms with Crippen LogP contribution in [0.5, 0.6) is 0 Å². The number of fused-ring (bicyclic) bond motifs is 1. The van der Waals surface area contributed by atoms with Gasteiger partial charge in [-0.2, -0.15) is 18.3 Å². The Morgan fingerprint density at radius 1 is 1.48 bits per heavy atom. The standard InChI is InChI=1S/C16H16F3N3O2S/c17-16(18,19)15-12-10-24-8-5-13(12)22(21-15)7-6-20-14(23)4-3-11-2-1-9-25-11/h1-4,9H,5-8,10H2,(H,20,23)/b4-3+. The highest BCUT2D eigenvalue weighted by Crippen LogP contribution is 2.34. The summed E-state index contributed by atoms with van der Waals surface area (Å²) in [6.07, 6.45) is -1.04. The molecule has 0 fully saturated rings. The molecule has 0 aliphatic carbocycles. The Hall–Kier alpha value is -2.13. The molecule has 3 heterocycles. The van der Waals surface area contributed by atoms with Crippen LogP contribution in [0, 0.1) is 0 Å². The predicted octanol–water partition coefficient (Wildman–Crippen LogP) is 2.87. The van der Waals surface area contributed by atoms with Crippen LogP contribution in [0.1, 0.15) is 21.8 Å². The van der Waals surface area contributed by atoms with Crippen molar-refractivity contribution in [2.24, 2.45) is 0 Å². The van der Waals surface area contributed by atoms with E-state index in [-0.39, 0.29) is 31.2 Å². The molecule has 1 aliphatic heterocycles. The number of thiophene rings is 1. The molecule has 0 spiro atoms. The van der Waals surface area contributed by atoms with E-state index in [2.05, 4.69) is 10.4 Å². The molecule has 0 bridgehead atoms. The quantitative estimate of drug-likeness (QED) is 0.823. The van der Waals surface area contributed by atoms with Crippen LogP contribution in [-0.4, -0.2) is 28.8 Å². The van der Waals surface area contributed by atoms with Gasteiger partial charge in [0, 0.05) is 35.2 Å². The third-order valence-corrected chi connectivity index (χ3v) is 4.57. The number of halogens is 3. The summed E-state index contributed by atoms with van der Waals surface area (Å²) in [6.45, 7) is 0.656. The van der Waals surface area contributed by atoms with Crippen LogP contribution in [-0.2, 0) is 35.3 Å². The Kier molecular flexibility index (Phi) is 5.24. The molecule has 2 aromatic rings. The normalized spacial score (nSPS) is 14.7. The number of nitrogens with zero attached hydrogens (tertiary/aromatic N) is 2. The number of alkyl halides is 3. The van der Waals surface area contributed by atoms with E-state index >= 15 is 0 Å². The molecule has 1 N–H and O–H groups in total. The number of amides is 1. The van der Waals surface area contributed by atoms with Crippen LogP contribution >= 0.6 is 11.3 Å². The summed E-state index contributed by atoms with van der Waals surface area (Å²) in [6, 6.07) is 3.76. The smallest absolute Gasteiger partial charge is 0.376 e. The summed E-state index contributed by atoms with van der Waals surface area (Å²) >= 11 is 1.51. The highest BCUT2D eigenvalue weighted by Gasteiger charge is 2.39. The average Bonchev–Trinajstić information content (AvgIpc) is 3.20. The summed E-state index contributed by atoms with van der Waals surface area (Å²) in [5, 5.41) is 8.25. The van der Waals surface area contributed by atoms with Crippen molar-refractivity contribution in [3.05, 3.63) is 45.4 Å². The third-order valence-electron chi connectivity index (χ3n) is 3.73. The molecule has 0 saturated carbocycles. The van der Waals surface area contributed by atoms with Crippen LogP contribution in [0.2, 0.25) is 0 Å². The highest BCUT2D eigenvalue weighted by molar-refractivity contribution is 7.10. The van der Waals surface area contributed by atoms with E-state index in [4.69, 9.17) is 4.74 Å². The SMILES string of the molecule is O=C(/C=C/c1cccs1)NCCn1nc(C(F)(F)F)c2c1CCOC2. The van der Waals surface area contributed by atoms with Crippen molar-refractivity contribution in [2.75, 3.05) is 13.2 Å². The molecule has 134 valence electrons. The molecule has 0 radical (unpaired) electrons. The van der Waals surface area contributed by atoms with Gasteiger partial charge in [-0.05, 0) is 17.5 Å². The van der Waals surface area contributed by atoms with E-state index in [1.54, 1.807) is 6.08 Å². The molecule has 0 aromatic carbocycles. The molecule has 2 aromatic heterocycles. The topological polar surface area (TPSA) is 56.2 Å². The first-order chi connectivity index (χ1) is 11.9. The zero-order valence-electron chi connectivity index (χ0n) is 13.2. The molecule has 0 atom stereocenters. The first-order valence-electron chi connectivity index (χ1n) is 7.68. The van der Waals surface area contributed by atoms with Gasteiger partial charge >= 0.3 is 6.18 Å². The maximum Gasteiger partial charge on any atom is 0.435 e. The first kappa shape index (κ1) is 17.7. The summed E-state index contributed by atoms with van der Waals surface area (Å²) in [5.74, 6) is -0.297. The van der Waals surface area contributed by atoms with Crippen LogP contribution in [0.25, 0.3) is 6.08 Å². The van der Waals surface area contributed by atoms with Crippen molar-refractivity contribution in [3.8, 4) is 0 Å². The lowest BCUT2D eigenvalue weighted by atomic mass is 10.1. The van der Waals surface area contributed by atoms with Gasteiger partial charge in [-0.3, -0.25) is 9.48 Å². The molecule has 5 nitrogen and oxygen atoms in total. The minimum absolute atomic E-state index is 0.0832. The van der Waals surface area contributed by atoms with Gasteiger partial charge in [0.15, 0.2) is 5.69 Å². The predicted molar refractivity (Wildman–Crippen MR) is 87.0 cm³/mol. The van der Waals surface area contributed by atoms with E-state index in [9.17, 15) is 18.0 Å². The van der Waals surface area contributed by atoms with Gasteiger partial charge in [0.05, 0.1) is 19.8 Å². The largest absolute Gasteiger partial charge is 0.435 e. The number of aromatic nitrogens is 2. The summed E-state index contributed by atoms with van der Waals surface area (Å²) in [7, 11) is 0. The van der Waals surface area contributed by atoms with Crippen molar-refractivity contribution in [1.29, 1.82) is 0 Å². The highest BCUT2D eigenvalue weighted by atomic mass is 32.1.